The number of hydrogen-bond acceptors (Lipinski definition) is 4. The van der Waals surface area contributed by atoms with Gasteiger partial charge < -0.3 is 9.64 Å². The standard InChI is InChI=1S/C24H29ClN4O2/c1-15-19(16(2)26-23-22(15)24(31-4)27-28(23)3)11-12-21(30)29-13-7-9-18(29)14-17-8-5-6-10-20(17)25/h5-6,8,10,18H,7,9,11-14H2,1-4H3. The average molecular weight is 441 g/mol. The van der Waals surface area contributed by atoms with E-state index in [1.54, 1.807) is 11.8 Å². The predicted octanol–water partition coefficient (Wildman–Crippen LogP) is 4.41. The maximum atomic E-state index is 13.1. The smallest absolute Gasteiger partial charge is 0.242 e. The van der Waals surface area contributed by atoms with Crippen molar-refractivity contribution in [3.63, 3.8) is 0 Å². The lowest BCUT2D eigenvalue weighted by molar-refractivity contribution is -0.131. The van der Waals surface area contributed by atoms with Crippen LogP contribution in [-0.4, -0.2) is 45.3 Å². The number of hydrogen-bond donors (Lipinski definition) is 0. The van der Waals surface area contributed by atoms with Gasteiger partial charge in [0.25, 0.3) is 0 Å². The van der Waals surface area contributed by atoms with Gasteiger partial charge >= 0.3 is 0 Å². The minimum Gasteiger partial charge on any atom is -0.479 e. The number of carbonyl (C=O) groups excluding carboxylic acids is 1. The molecule has 0 saturated carbocycles. The third kappa shape index (κ3) is 4.13. The first-order valence-corrected chi connectivity index (χ1v) is 11.2. The van der Waals surface area contributed by atoms with Gasteiger partial charge in [0, 0.05) is 36.8 Å². The number of benzene rings is 1. The van der Waals surface area contributed by atoms with Gasteiger partial charge in [0.05, 0.1) is 12.5 Å². The second kappa shape index (κ2) is 8.87. The minimum absolute atomic E-state index is 0.201. The fourth-order valence-electron chi connectivity index (χ4n) is 4.78. The molecule has 1 atom stereocenters. The predicted molar refractivity (Wildman–Crippen MR) is 123 cm³/mol. The van der Waals surface area contributed by atoms with Crippen LogP contribution in [0.5, 0.6) is 5.88 Å². The third-order valence-electron chi connectivity index (χ3n) is 6.42. The van der Waals surface area contributed by atoms with Crippen LogP contribution in [0.15, 0.2) is 24.3 Å². The molecule has 0 aliphatic carbocycles. The van der Waals surface area contributed by atoms with Gasteiger partial charge in [0.1, 0.15) is 0 Å². The number of aromatic nitrogens is 3. The van der Waals surface area contributed by atoms with Gasteiger partial charge in [-0.25, -0.2) is 9.67 Å². The van der Waals surface area contributed by atoms with Gasteiger partial charge in [-0.2, -0.15) is 0 Å². The second-order valence-electron chi connectivity index (χ2n) is 8.31. The molecule has 1 fully saturated rings. The topological polar surface area (TPSA) is 60.2 Å². The number of fused-ring (bicyclic) bond motifs is 1. The number of carbonyl (C=O) groups is 1. The minimum atomic E-state index is 0.201. The molecule has 1 aliphatic heterocycles. The van der Waals surface area contributed by atoms with Gasteiger partial charge in [-0.05, 0) is 62.3 Å². The van der Waals surface area contributed by atoms with Crippen molar-refractivity contribution in [3.8, 4) is 5.88 Å². The fraction of sp³-hybridized carbons (Fsp3) is 0.458. The van der Waals surface area contributed by atoms with E-state index in [1.165, 1.54) is 0 Å². The molecule has 1 aliphatic rings. The van der Waals surface area contributed by atoms with Crippen LogP contribution in [0.3, 0.4) is 0 Å². The normalized spacial score (nSPS) is 16.3. The molecule has 3 heterocycles. The van der Waals surface area contributed by atoms with Crippen LogP contribution in [0, 0.1) is 13.8 Å². The molecule has 164 valence electrons. The van der Waals surface area contributed by atoms with Crippen LogP contribution < -0.4 is 4.74 Å². The zero-order chi connectivity index (χ0) is 22.1. The van der Waals surface area contributed by atoms with Crippen LogP contribution in [0.25, 0.3) is 11.0 Å². The highest BCUT2D eigenvalue weighted by atomic mass is 35.5. The average Bonchev–Trinajstić information content (AvgIpc) is 3.33. The molecule has 1 amide bonds. The van der Waals surface area contributed by atoms with Crippen molar-refractivity contribution in [1.29, 1.82) is 0 Å². The number of halogens is 1. The lowest BCUT2D eigenvalue weighted by Crippen LogP contribution is -2.37. The molecule has 6 nitrogen and oxygen atoms in total. The van der Waals surface area contributed by atoms with Gasteiger partial charge in [-0.3, -0.25) is 4.79 Å². The molecule has 1 saturated heterocycles. The number of pyridine rings is 1. The summed E-state index contributed by atoms with van der Waals surface area (Å²) in [5, 5.41) is 6.11. The Hall–Kier alpha value is -2.60. The summed E-state index contributed by atoms with van der Waals surface area (Å²) < 4.78 is 7.20. The third-order valence-corrected chi connectivity index (χ3v) is 6.78. The Balaban J connectivity index is 1.50. The summed E-state index contributed by atoms with van der Waals surface area (Å²) in [6.07, 6.45) is 4.00. The van der Waals surface area contributed by atoms with E-state index in [-0.39, 0.29) is 11.9 Å². The number of ether oxygens (including phenoxy) is 1. The maximum Gasteiger partial charge on any atom is 0.242 e. The number of nitrogens with zero attached hydrogens (tertiary/aromatic N) is 4. The van der Waals surface area contributed by atoms with Gasteiger partial charge in [-0.1, -0.05) is 29.8 Å². The molecule has 0 bridgehead atoms. The largest absolute Gasteiger partial charge is 0.479 e. The van der Waals surface area contributed by atoms with Crippen molar-refractivity contribution >= 4 is 28.5 Å². The summed E-state index contributed by atoms with van der Waals surface area (Å²) in [7, 11) is 3.49. The highest BCUT2D eigenvalue weighted by Crippen LogP contribution is 2.31. The number of rotatable bonds is 6. The molecule has 3 aromatic rings. The van der Waals surface area contributed by atoms with Crippen molar-refractivity contribution in [3.05, 3.63) is 51.7 Å². The molecular weight excluding hydrogens is 412 g/mol. The number of likely N-dealkylation sites (tertiary alicyclic amines) is 1. The van der Waals surface area contributed by atoms with Gasteiger partial charge in [0.2, 0.25) is 11.8 Å². The van der Waals surface area contributed by atoms with E-state index in [0.717, 1.165) is 64.2 Å². The first-order chi connectivity index (χ1) is 14.9. The summed E-state index contributed by atoms with van der Waals surface area (Å²) in [4.78, 5) is 19.9. The Morgan fingerprint density at radius 1 is 1.29 bits per heavy atom. The molecule has 2 aromatic heterocycles. The summed E-state index contributed by atoms with van der Waals surface area (Å²) in [5.74, 6) is 0.779. The van der Waals surface area contributed by atoms with Gasteiger partial charge in [0.15, 0.2) is 5.65 Å². The maximum absolute atomic E-state index is 13.1. The summed E-state index contributed by atoms with van der Waals surface area (Å²) in [6, 6.07) is 8.13. The molecule has 0 spiro atoms. The van der Waals surface area contributed by atoms with Crippen LogP contribution in [0.1, 0.15) is 41.6 Å². The summed E-state index contributed by atoms with van der Waals surface area (Å²) in [5.41, 5.74) is 5.06. The van der Waals surface area contributed by atoms with E-state index in [2.05, 4.69) is 18.1 Å². The molecule has 1 aromatic carbocycles. The molecular formula is C24H29ClN4O2. The van der Waals surface area contributed by atoms with Crippen LogP contribution in [0.4, 0.5) is 0 Å². The highest BCUT2D eigenvalue weighted by Gasteiger charge is 2.29. The Morgan fingerprint density at radius 2 is 2.06 bits per heavy atom. The summed E-state index contributed by atoms with van der Waals surface area (Å²) >= 11 is 6.35. The second-order valence-corrected chi connectivity index (χ2v) is 8.72. The van der Waals surface area contributed by atoms with Crippen molar-refractivity contribution < 1.29 is 9.53 Å². The Kier molecular flexibility index (Phi) is 6.19. The zero-order valence-electron chi connectivity index (χ0n) is 18.6. The first kappa shape index (κ1) is 21.6. The van der Waals surface area contributed by atoms with E-state index in [1.807, 2.05) is 37.1 Å². The van der Waals surface area contributed by atoms with E-state index in [4.69, 9.17) is 21.3 Å². The van der Waals surface area contributed by atoms with E-state index in [0.29, 0.717) is 18.7 Å². The lowest BCUT2D eigenvalue weighted by Gasteiger charge is -2.25. The van der Waals surface area contributed by atoms with Crippen LogP contribution >= 0.6 is 11.6 Å². The van der Waals surface area contributed by atoms with Crippen molar-refractivity contribution in [1.82, 2.24) is 19.7 Å². The van der Waals surface area contributed by atoms with Crippen LogP contribution in [-0.2, 0) is 24.7 Å². The summed E-state index contributed by atoms with van der Waals surface area (Å²) in [6.45, 7) is 4.89. The number of methoxy groups -OCH3 is 1. The molecule has 4 rings (SSSR count). The van der Waals surface area contributed by atoms with Crippen molar-refractivity contribution in [2.24, 2.45) is 7.05 Å². The van der Waals surface area contributed by atoms with Crippen LogP contribution in [0.2, 0.25) is 5.02 Å². The van der Waals surface area contributed by atoms with Crippen molar-refractivity contribution in [2.45, 2.75) is 52.0 Å². The Bertz CT molecular complexity index is 1120. The SMILES string of the molecule is COc1nn(C)c2nc(C)c(CCC(=O)N3CCCC3Cc3ccccc3Cl)c(C)c12. The Labute approximate surface area is 188 Å². The fourth-order valence-corrected chi connectivity index (χ4v) is 4.99. The Morgan fingerprint density at radius 3 is 2.81 bits per heavy atom. The van der Waals surface area contributed by atoms with Crippen molar-refractivity contribution in [2.75, 3.05) is 13.7 Å². The monoisotopic (exact) mass is 440 g/mol. The van der Waals surface area contributed by atoms with E-state index in [9.17, 15) is 4.79 Å². The number of aryl methyl sites for hydroxylation is 3. The molecule has 0 N–H and O–H groups in total. The van der Waals surface area contributed by atoms with Gasteiger partial charge in [-0.15, -0.1) is 5.10 Å². The number of amides is 1. The zero-order valence-corrected chi connectivity index (χ0v) is 19.4. The molecule has 7 heteroatoms. The highest BCUT2D eigenvalue weighted by molar-refractivity contribution is 6.31. The first-order valence-electron chi connectivity index (χ1n) is 10.8. The molecule has 1 unspecified atom stereocenters. The molecule has 0 radical (unpaired) electrons. The lowest BCUT2D eigenvalue weighted by atomic mass is 9.99. The quantitative estimate of drug-likeness (QED) is 0.569. The van der Waals surface area contributed by atoms with E-state index >= 15 is 0 Å². The molecule has 31 heavy (non-hydrogen) atoms. The van der Waals surface area contributed by atoms with E-state index < -0.39 is 0 Å².